The third-order valence-electron chi connectivity index (χ3n) is 4.07. The molecule has 27 heavy (non-hydrogen) atoms. The summed E-state index contributed by atoms with van der Waals surface area (Å²) in [5.41, 5.74) is 2.33. The summed E-state index contributed by atoms with van der Waals surface area (Å²) in [7, 11) is 0. The lowest BCUT2D eigenvalue weighted by Gasteiger charge is -2.29. The van der Waals surface area contributed by atoms with Gasteiger partial charge in [0.15, 0.2) is 0 Å². The molecule has 1 aromatic carbocycles. The number of nitrogens with zero attached hydrogens (tertiary/aromatic N) is 1. The second-order valence-corrected chi connectivity index (χ2v) is 5.77. The minimum Gasteiger partial charge on any atom is -0.463 e. The molecule has 0 bridgehead atoms. The zero-order valence-corrected chi connectivity index (χ0v) is 14.7. The van der Waals surface area contributed by atoms with Crippen molar-refractivity contribution < 1.29 is 31.8 Å². The van der Waals surface area contributed by atoms with E-state index in [-0.39, 0.29) is 17.9 Å². The second kappa shape index (κ2) is 7.31. The Morgan fingerprint density at radius 1 is 1.37 bits per heavy atom. The first kappa shape index (κ1) is 20.3. The van der Waals surface area contributed by atoms with Gasteiger partial charge in [0.05, 0.1) is 23.7 Å². The highest BCUT2D eigenvalue weighted by Gasteiger charge is 2.44. The van der Waals surface area contributed by atoms with Crippen LogP contribution in [0.1, 0.15) is 36.5 Å². The SMILES string of the molecule is CCOC(=O)C1=C(C)OC(N)=C(C#N)C1c1c(F)ccc(C)c1C(F)(F)F. The van der Waals surface area contributed by atoms with Crippen LogP contribution < -0.4 is 5.73 Å². The Labute approximate surface area is 152 Å². The summed E-state index contributed by atoms with van der Waals surface area (Å²) < 4.78 is 65.7. The number of nitrogens with two attached hydrogens (primary N) is 1. The lowest BCUT2D eigenvalue weighted by atomic mass is 9.79. The van der Waals surface area contributed by atoms with E-state index in [0.29, 0.717) is 0 Å². The van der Waals surface area contributed by atoms with Gasteiger partial charge in [0.1, 0.15) is 23.2 Å². The van der Waals surface area contributed by atoms with Crippen molar-refractivity contribution in [2.24, 2.45) is 5.73 Å². The summed E-state index contributed by atoms with van der Waals surface area (Å²) in [5.74, 6) is -4.62. The Balaban J connectivity index is 2.91. The van der Waals surface area contributed by atoms with E-state index in [1.165, 1.54) is 13.8 Å². The van der Waals surface area contributed by atoms with Crippen LogP contribution in [0.15, 0.2) is 34.9 Å². The molecule has 0 aromatic heterocycles. The summed E-state index contributed by atoms with van der Waals surface area (Å²) in [4.78, 5) is 12.4. The maximum Gasteiger partial charge on any atom is 0.417 e. The lowest BCUT2D eigenvalue weighted by molar-refractivity contribution is -0.141. The average molecular weight is 384 g/mol. The number of ether oxygens (including phenoxy) is 2. The molecule has 0 spiro atoms. The van der Waals surface area contributed by atoms with Crippen molar-refractivity contribution in [3.63, 3.8) is 0 Å². The van der Waals surface area contributed by atoms with Crippen molar-refractivity contribution in [2.45, 2.75) is 32.9 Å². The van der Waals surface area contributed by atoms with Gasteiger partial charge in [-0.15, -0.1) is 0 Å². The molecular weight excluding hydrogens is 368 g/mol. The summed E-state index contributed by atoms with van der Waals surface area (Å²) in [6.45, 7) is 3.86. The van der Waals surface area contributed by atoms with Gasteiger partial charge in [-0.2, -0.15) is 18.4 Å². The number of allylic oxidation sites excluding steroid dienone is 2. The fourth-order valence-electron chi connectivity index (χ4n) is 3.01. The number of alkyl halides is 3. The van der Waals surface area contributed by atoms with Gasteiger partial charge < -0.3 is 15.2 Å². The van der Waals surface area contributed by atoms with E-state index in [9.17, 15) is 27.6 Å². The first-order valence-corrected chi connectivity index (χ1v) is 7.86. The van der Waals surface area contributed by atoms with Gasteiger partial charge in [-0.3, -0.25) is 0 Å². The van der Waals surface area contributed by atoms with Crippen LogP contribution in [0.25, 0.3) is 0 Å². The molecule has 0 saturated carbocycles. The number of benzene rings is 1. The first-order valence-electron chi connectivity index (χ1n) is 7.86. The number of esters is 1. The van der Waals surface area contributed by atoms with E-state index in [0.717, 1.165) is 19.1 Å². The van der Waals surface area contributed by atoms with Crippen LogP contribution >= 0.6 is 0 Å². The number of aryl methyl sites for hydroxylation is 1. The Kier molecular flexibility index (Phi) is 5.49. The number of hydrogen-bond acceptors (Lipinski definition) is 5. The monoisotopic (exact) mass is 384 g/mol. The molecule has 1 aromatic rings. The molecule has 1 unspecified atom stereocenters. The molecule has 144 valence electrons. The van der Waals surface area contributed by atoms with Crippen molar-refractivity contribution in [1.29, 1.82) is 5.26 Å². The van der Waals surface area contributed by atoms with Gasteiger partial charge in [-0.25, -0.2) is 9.18 Å². The van der Waals surface area contributed by atoms with E-state index < -0.39 is 52.0 Å². The molecule has 1 atom stereocenters. The second-order valence-electron chi connectivity index (χ2n) is 5.77. The molecule has 1 aliphatic heterocycles. The smallest absolute Gasteiger partial charge is 0.417 e. The van der Waals surface area contributed by atoms with E-state index in [4.69, 9.17) is 15.2 Å². The molecule has 2 rings (SSSR count). The summed E-state index contributed by atoms with van der Waals surface area (Å²) in [6.07, 6.45) is -4.93. The maximum atomic E-state index is 14.6. The molecule has 0 fully saturated rings. The van der Waals surface area contributed by atoms with Gasteiger partial charge in [0, 0.05) is 5.56 Å². The van der Waals surface area contributed by atoms with Crippen LogP contribution in [0, 0.1) is 24.1 Å². The summed E-state index contributed by atoms with van der Waals surface area (Å²) in [6, 6.07) is 3.45. The predicted octanol–water partition coefficient (Wildman–Crippen LogP) is 3.80. The van der Waals surface area contributed by atoms with E-state index >= 15 is 0 Å². The largest absolute Gasteiger partial charge is 0.463 e. The topological polar surface area (TPSA) is 85.3 Å². The van der Waals surface area contributed by atoms with Gasteiger partial charge in [-0.1, -0.05) is 6.07 Å². The minimum absolute atomic E-state index is 0.0775. The Bertz CT molecular complexity index is 895. The minimum atomic E-state index is -4.93. The molecule has 2 N–H and O–H groups in total. The van der Waals surface area contributed by atoms with Crippen LogP contribution in [0.5, 0.6) is 0 Å². The van der Waals surface area contributed by atoms with Crippen molar-refractivity contribution in [3.8, 4) is 6.07 Å². The van der Waals surface area contributed by atoms with Crippen LogP contribution in [0.4, 0.5) is 17.6 Å². The predicted molar refractivity (Wildman–Crippen MR) is 86.1 cm³/mol. The molecule has 0 radical (unpaired) electrons. The van der Waals surface area contributed by atoms with Gasteiger partial charge >= 0.3 is 12.1 Å². The van der Waals surface area contributed by atoms with Crippen LogP contribution in [-0.4, -0.2) is 12.6 Å². The zero-order valence-electron chi connectivity index (χ0n) is 14.7. The highest BCUT2D eigenvalue weighted by atomic mass is 19.4. The van der Waals surface area contributed by atoms with Crippen molar-refractivity contribution in [2.75, 3.05) is 6.61 Å². The fraction of sp³-hybridized carbons (Fsp3) is 0.333. The Morgan fingerprint density at radius 3 is 2.52 bits per heavy atom. The average Bonchev–Trinajstić information content (AvgIpc) is 2.55. The Morgan fingerprint density at radius 2 is 2.00 bits per heavy atom. The summed E-state index contributed by atoms with van der Waals surface area (Å²) >= 11 is 0. The van der Waals surface area contributed by atoms with E-state index in [2.05, 4.69) is 0 Å². The van der Waals surface area contributed by atoms with Crippen molar-refractivity contribution >= 4 is 5.97 Å². The highest BCUT2D eigenvalue weighted by molar-refractivity contribution is 5.92. The van der Waals surface area contributed by atoms with Crippen LogP contribution in [0.2, 0.25) is 0 Å². The third kappa shape index (κ3) is 3.60. The first-order chi connectivity index (χ1) is 12.5. The summed E-state index contributed by atoms with van der Waals surface area (Å²) in [5, 5.41) is 9.42. The molecule has 0 aliphatic carbocycles. The number of halogens is 4. The molecule has 1 aliphatic rings. The standard InChI is InChI=1S/C18H16F4N2O3/c1-4-26-17(25)12-9(3)27-16(24)10(7-23)13(12)14-11(19)6-5-8(2)15(14)18(20,21)22/h5-6,13H,4,24H2,1-3H3. The van der Waals surface area contributed by atoms with Gasteiger partial charge in [0.25, 0.3) is 0 Å². The van der Waals surface area contributed by atoms with Crippen LogP contribution in [-0.2, 0) is 20.4 Å². The number of nitriles is 1. The Hall–Kier alpha value is -3.02. The fourth-order valence-corrected chi connectivity index (χ4v) is 3.01. The van der Waals surface area contributed by atoms with E-state index in [1.54, 1.807) is 6.07 Å². The van der Waals surface area contributed by atoms with Crippen molar-refractivity contribution in [3.05, 3.63) is 57.4 Å². The van der Waals surface area contributed by atoms with Crippen LogP contribution in [0.3, 0.4) is 0 Å². The van der Waals surface area contributed by atoms with Gasteiger partial charge in [0.2, 0.25) is 5.88 Å². The molecular formula is C18H16F4N2O3. The molecule has 0 saturated heterocycles. The quantitative estimate of drug-likeness (QED) is 0.633. The number of rotatable bonds is 3. The highest BCUT2D eigenvalue weighted by Crippen LogP contribution is 2.46. The molecule has 9 heteroatoms. The van der Waals surface area contributed by atoms with E-state index in [1.807, 2.05) is 0 Å². The van der Waals surface area contributed by atoms with Crippen molar-refractivity contribution in [1.82, 2.24) is 0 Å². The number of carbonyl (C=O) groups excluding carboxylic acids is 1. The zero-order chi connectivity index (χ0) is 20.5. The maximum absolute atomic E-state index is 14.6. The number of carbonyl (C=O) groups is 1. The van der Waals surface area contributed by atoms with Gasteiger partial charge in [-0.05, 0) is 32.4 Å². The third-order valence-corrected chi connectivity index (χ3v) is 4.07. The normalized spacial score (nSPS) is 17.5. The molecule has 5 nitrogen and oxygen atoms in total. The molecule has 0 amide bonds. The lowest BCUT2D eigenvalue weighted by Crippen LogP contribution is -2.28. The molecule has 1 heterocycles. The number of hydrogen-bond donors (Lipinski definition) is 1.